The molecule has 1 N–H and O–H groups in total. The number of carbonyl (C=O) groups excluding carboxylic acids is 2. The average Bonchev–Trinajstić information content (AvgIpc) is 3.51. The molecule has 2 aliphatic carbocycles. The third-order valence-electron chi connectivity index (χ3n) is 6.69. The van der Waals surface area contributed by atoms with Crippen LogP contribution in [-0.2, 0) is 25.8 Å². The first kappa shape index (κ1) is 21.3. The molecular formula is C23H32N2O4S. The van der Waals surface area contributed by atoms with Crippen molar-refractivity contribution in [2.24, 2.45) is 5.92 Å². The molecule has 1 aliphatic heterocycles. The van der Waals surface area contributed by atoms with Crippen LogP contribution in [0.1, 0.15) is 70.3 Å². The molecule has 1 unspecified atom stereocenters. The number of anilines is 1. The van der Waals surface area contributed by atoms with E-state index in [0.717, 1.165) is 49.8 Å². The largest absolute Gasteiger partial charge is 0.353 e. The summed E-state index contributed by atoms with van der Waals surface area (Å²) in [5.41, 5.74) is 1.74. The second kappa shape index (κ2) is 8.69. The Morgan fingerprint density at radius 3 is 2.47 bits per heavy atom. The lowest BCUT2D eigenvalue weighted by Crippen LogP contribution is -2.37. The minimum Gasteiger partial charge on any atom is -0.353 e. The summed E-state index contributed by atoms with van der Waals surface area (Å²) in [5.74, 6) is 0.125. The maximum Gasteiger partial charge on any atom is 0.230 e. The predicted octanol–water partition coefficient (Wildman–Crippen LogP) is 3.38. The van der Waals surface area contributed by atoms with Crippen molar-refractivity contribution < 1.29 is 18.0 Å². The van der Waals surface area contributed by atoms with Crippen molar-refractivity contribution >= 4 is 27.3 Å². The normalized spacial score (nSPS) is 21.0. The molecule has 0 saturated heterocycles. The van der Waals surface area contributed by atoms with Gasteiger partial charge in [-0.05, 0) is 62.8 Å². The van der Waals surface area contributed by atoms with Crippen LogP contribution in [0.3, 0.4) is 0 Å². The Morgan fingerprint density at radius 1 is 1.10 bits per heavy atom. The number of amides is 2. The maximum absolute atomic E-state index is 13.1. The lowest BCUT2D eigenvalue weighted by Gasteiger charge is -2.19. The number of benzene rings is 1. The van der Waals surface area contributed by atoms with E-state index in [9.17, 15) is 18.0 Å². The van der Waals surface area contributed by atoms with Gasteiger partial charge in [0.1, 0.15) is 0 Å². The van der Waals surface area contributed by atoms with E-state index in [-0.39, 0.29) is 35.1 Å². The Balaban J connectivity index is 1.41. The first-order chi connectivity index (χ1) is 14.4. The van der Waals surface area contributed by atoms with Gasteiger partial charge in [-0.25, -0.2) is 8.42 Å². The number of rotatable bonds is 6. The van der Waals surface area contributed by atoms with Crippen molar-refractivity contribution in [1.82, 2.24) is 5.32 Å². The summed E-state index contributed by atoms with van der Waals surface area (Å²) < 4.78 is 26.2. The molecule has 6 nitrogen and oxygen atoms in total. The van der Waals surface area contributed by atoms with E-state index in [1.165, 1.54) is 12.8 Å². The number of nitrogens with zero attached hydrogens (tertiary/aromatic N) is 1. The molecule has 0 aromatic heterocycles. The van der Waals surface area contributed by atoms with Crippen LogP contribution in [0.2, 0.25) is 0 Å². The van der Waals surface area contributed by atoms with Gasteiger partial charge < -0.3 is 10.2 Å². The molecule has 0 spiro atoms. The number of fused-ring (bicyclic) bond motifs is 1. The molecule has 1 heterocycles. The molecule has 2 fully saturated rings. The van der Waals surface area contributed by atoms with E-state index in [2.05, 4.69) is 5.32 Å². The Bertz CT molecular complexity index is 915. The fourth-order valence-corrected chi connectivity index (χ4v) is 6.05. The van der Waals surface area contributed by atoms with Crippen molar-refractivity contribution in [3.05, 3.63) is 23.8 Å². The lowest BCUT2D eigenvalue weighted by atomic mass is 10.1. The highest BCUT2D eigenvalue weighted by Crippen LogP contribution is 2.37. The van der Waals surface area contributed by atoms with Crippen LogP contribution in [0.25, 0.3) is 0 Å². The molecule has 3 aliphatic rings. The summed E-state index contributed by atoms with van der Waals surface area (Å²) in [6.45, 7) is 2.23. The number of nitrogens with one attached hydrogen (secondary N) is 1. The molecule has 30 heavy (non-hydrogen) atoms. The quantitative estimate of drug-likeness (QED) is 0.699. The molecule has 1 aromatic rings. The maximum atomic E-state index is 13.1. The van der Waals surface area contributed by atoms with Crippen LogP contribution >= 0.6 is 0 Å². The minimum absolute atomic E-state index is 0.0256. The van der Waals surface area contributed by atoms with Crippen molar-refractivity contribution in [3.63, 3.8) is 0 Å². The van der Waals surface area contributed by atoms with Crippen molar-refractivity contribution in [1.29, 1.82) is 0 Å². The van der Waals surface area contributed by atoms with Gasteiger partial charge in [0.05, 0.1) is 10.1 Å². The Morgan fingerprint density at radius 2 is 1.80 bits per heavy atom. The van der Waals surface area contributed by atoms with Crippen molar-refractivity contribution in [2.45, 2.75) is 87.3 Å². The third kappa shape index (κ3) is 4.56. The SMILES string of the molecule is CC(CC(=O)NC1CCCCCC1)S(=O)(=O)c1ccc2c(c1)CCN2C(=O)C1CC1. The molecule has 4 rings (SSSR count). The molecule has 2 amide bonds. The van der Waals surface area contributed by atoms with E-state index in [4.69, 9.17) is 0 Å². The Hall–Kier alpha value is -1.89. The second-order valence-electron chi connectivity index (χ2n) is 9.12. The van der Waals surface area contributed by atoms with Crippen LogP contribution in [0.4, 0.5) is 5.69 Å². The molecular weight excluding hydrogens is 400 g/mol. The third-order valence-corrected chi connectivity index (χ3v) is 8.83. The Labute approximate surface area is 179 Å². The van der Waals surface area contributed by atoms with E-state index in [0.29, 0.717) is 13.0 Å². The zero-order chi connectivity index (χ0) is 21.3. The van der Waals surface area contributed by atoms with Gasteiger partial charge in [-0.3, -0.25) is 9.59 Å². The summed E-state index contributed by atoms with van der Waals surface area (Å²) in [6, 6.07) is 5.22. The fourth-order valence-electron chi connectivity index (χ4n) is 4.65. The van der Waals surface area contributed by atoms with E-state index < -0.39 is 15.1 Å². The number of carbonyl (C=O) groups is 2. The van der Waals surface area contributed by atoms with E-state index >= 15 is 0 Å². The van der Waals surface area contributed by atoms with Crippen LogP contribution in [0, 0.1) is 5.92 Å². The van der Waals surface area contributed by atoms with E-state index in [1.54, 1.807) is 30.0 Å². The van der Waals surface area contributed by atoms with Gasteiger partial charge in [0, 0.05) is 30.6 Å². The molecule has 0 bridgehead atoms. The summed E-state index contributed by atoms with van der Waals surface area (Å²) >= 11 is 0. The topological polar surface area (TPSA) is 83.6 Å². The van der Waals surface area contributed by atoms with Gasteiger partial charge in [0.15, 0.2) is 9.84 Å². The highest BCUT2D eigenvalue weighted by Gasteiger charge is 2.37. The zero-order valence-electron chi connectivity index (χ0n) is 17.7. The summed E-state index contributed by atoms with van der Waals surface area (Å²) in [5, 5.41) is 2.26. The summed E-state index contributed by atoms with van der Waals surface area (Å²) in [4.78, 5) is 26.9. The molecule has 1 atom stereocenters. The monoisotopic (exact) mass is 432 g/mol. The van der Waals surface area contributed by atoms with Gasteiger partial charge >= 0.3 is 0 Å². The van der Waals surface area contributed by atoms with Crippen LogP contribution in [0.5, 0.6) is 0 Å². The van der Waals surface area contributed by atoms with Gasteiger partial charge in [0.25, 0.3) is 0 Å². The van der Waals surface area contributed by atoms with Gasteiger partial charge in [0.2, 0.25) is 11.8 Å². The molecule has 1 aromatic carbocycles. The number of hydrogen-bond donors (Lipinski definition) is 1. The first-order valence-corrected chi connectivity index (χ1v) is 12.9. The lowest BCUT2D eigenvalue weighted by molar-refractivity contribution is -0.122. The fraction of sp³-hybridized carbons (Fsp3) is 0.652. The summed E-state index contributed by atoms with van der Waals surface area (Å²) in [7, 11) is -3.61. The van der Waals surface area contributed by atoms with Gasteiger partial charge in [-0.15, -0.1) is 0 Å². The minimum atomic E-state index is -3.61. The first-order valence-electron chi connectivity index (χ1n) is 11.3. The molecule has 164 valence electrons. The van der Waals surface area contributed by atoms with Crippen LogP contribution < -0.4 is 10.2 Å². The number of hydrogen-bond acceptors (Lipinski definition) is 4. The predicted molar refractivity (Wildman–Crippen MR) is 116 cm³/mol. The van der Waals surface area contributed by atoms with E-state index in [1.807, 2.05) is 0 Å². The highest BCUT2D eigenvalue weighted by atomic mass is 32.2. The van der Waals surface area contributed by atoms with Gasteiger partial charge in [-0.1, -0.05) is 25.7 Å². The van der Waals surface area contributed by atoms with Crippen LogP contribution in [-0.4, -0.2) is 38.1 Å². The van der Waals surface area contributed by atoms with Crippen molar-refractivity contribution in [2.75, 3.05) is 11.4 Å². The number of sulfone groups is 1. The summed E-state index contributed by atoms with van der Waals surface area (Å²) in [6.07, 6.45) is 9.17. The smallest absolute Gasteiger partial charge is 0.230 e. The molecule has 0 radical (unpaired) electrons. The van der Waals surface area contributed by atoms with Crippen molar-refractivity contribution in [3.8, 4) is 0 Å². The average molecular weight is 433 g/mol. The van der Waals surface area contributed by atoms with Gasteiger partial charge in [-0.2, -0.15) is 0 Å². The standard InChI is InChI=1S/C23H32N2O4S/c1-16(14-22(26)24-19-6-4-2-3-5-7-19)30(28,29)20-10-11-21-18(15-20)12-13-25(21)23(27)17-8-9-17/h10-11,15-17,19H,2-9,12-14H2,1H3,(H,24,26). The van der Waals surface area contributed by atoms with Crippen LogP contribution in [0.15, 0.2) is 23.1 Å². The Kier molecular flexibility index (Phi) is 6.19. The molecule has 7 heteroatoms. The highest BCUT2D eigenvalue weighted by molar-refractivity contribution is 7.92. The molecule has 2 saturated carbocycles. The second-order valence-corrected chi connectivity index (χ2v) is 11.5. The zero-order valence-corrected chi connectivity index (χ0v) is 18.5.